The molecule has 2 aromatic rings. The van der Waals surface area contributed by atoms with Crippen molar-refractivity contribution in [3.8, 4) is 0 Å². The van der Waals surface area contributed by atoms with Gasteiger partial charge in [0, 0.05) is 29.2 Å². The molecular weight excluding hydrogens is 322 g/mol. The first-order chi connectivity index (χ1) is 12.6. The zero-order valence-corrected chi connectivity index (χ0v) is 16.1. The number of para-hydroxylation sites is 1. The number of benzene rings is 1. The van der Waals surface area contributed by atoms with Gasteiger partial charge in [-0.2, -0.15) is 0 Å². The Balaban J connectivity index is 1.38. The highest BCUT2D eigenvalue weighted by Crippen LogP contribution is 2.35. The largest absolute Gasteiger partial charge is 0.358 e. The molecule has 26 heavy (non-hydrogen) atoms. The minimum absolute atomic E-state index is 0.332. The Hall–Kier alpha value is -1.81. The molecule has 2 aliphatic rings. The summed E-state index contributed by atoms with van der Waals surface area (Å²) < 4.78 is 0. The first kappa shape index (κ1) is 17.6. The van der Waals surface area contributed by atoms with Crippen molar-refractivity contribution >= 4 is 16.8 Å². The average molecular weight is 354 g/mol. The Bertz CT molecular complexity index is 773. The topological polar surface area (TPSA) is 39.3 Å². The molecule has 1 aromatic carbocycles. The Kier molecular flexibility index (Phi) is 5.03. The molecule has 1 aromatic heterocycles. The number of likely N-dealkylation sites (tertiary alicyclic amines) is 2. The van der Waals surface area contributed by atoms with E-state index in [1.807, 2.05) is 0 Å². The summed E-state index contributed by atoms with van der Waals surface area (Å²) in [6, 6.07) is 9.05. The van der Waals surface area contributed by atoms with Crippen molar-refractivity contribution < 1.29 is 4.79 Å². The number of hydrogen-bond acceptors (Lipinski definition) is 2. The molecule has 4 nitrogen and oxygen atoms in total. The fraction of sp³-hybridized carbons (Fsp3) is 0.591. The summed E-state index contributed by atoms with van der Waals surface area (Å²) in [7, 11) is 0. The van der Waals surface area contributed by atoms with Gasteiger partial charge in [0.25, 0.3) is 0 Å². The highest BCUT2D eigenvalue weighted by Gasteiger charge is 2.28. The first-order valence-electron chi connectivity index (χ1n) is 10.2. The number of hydrogen-bond donors (Lipinski definition) is 1. The third-order valence-electron chi connectivity index (χ3n) is 6.42. The van der Waals surface area contributed by atoms with Gasteiger partial charge >= 0.3 is 0 Å². The maximum atomic E-state index is 12.7. The summed E-state index contributed by atoms with van der Waals surface area (Å²) in [5.74, 6) is 0.935. The molecule has 0 bridgehead atoms. The van der Waals surface area contributed by atoms with Crippen LogP contribution in [0.2, 0.25) is 0 Å². The number of piperidine rings is 2. The highest BCUT2D eigenvalue weighted by molar-refractivity contribution is 5.85. The van der Waals surface area contributed by atoms with E-state index in [2.05, 4.69) is 52.9 Å². The van der Waals surface area contributed by atoms with E-state index < -0.39 is 0 Å². The third-order valence-corrected chi connectivity index (χ3v) is 6.42. The predicted molar refractivity (Wildman–Crippen MR) is 106 cm³/mol. The van der Waals surface area contributed by atoms with E-state index in [-0.39, 0.29) is 0 Å². The van der Waals surface area contributed by atoms with Crippen LogP contribution in [0.5, 0.6) is 0 Å². The van der Waals surface area contributed by atoms with Gasteiger partial charge in [0.15, 0.2) is 0 Å². The van der Waals surface area contributed by atoms with Crippen molar-refractivity contribution in [2.45, 2.75) is 57.9 Å². The van der Waals surface area contributed by atoms with Gasteiger partial charge in [-0.15, -0.1) is 0 Å². The maximum Gasteiger partial charge on any atom is 0.236 e. The van der Waals surface area contributed by atoms with E-state index >= 15 is 0 Å². The Morgan fingerprint density at radius 3 is 2.65 bits per heavy atom. The lowest BCUT2D eigenvalue weighted by molar-refractivity contribution is -0.135. The van der Waals surface area contributed by atoms with Crippen LogP contribution in [0.4, 0.5) is 0 Å². The summed E-state index contributed by atoms with van der Waals surface area (Å²) in [5, 5.41) is 1.38. The molecule has 1 amide bonds. The lowest BCUT2D eigenvalue weighted by Gasteiger charge is -2.37. The molecule has 0 saturated carbocycles. The zero-order chi connectivity index (χ0) is 18.1. The number of nitrogens with one attached hydrogen (secondary N) is 1. The van der Waals surface area contributed by atoms with Gasteiger partial charge in [0.1, 0.15) is 0 Å². The molecule has 1 atom stereocenters. The molecule has 2 aliphatic heterocycles. The number of aryl methyl sites for hydroxylation is 1. The highest BCUT2D eigenvalue weighted by atomic mass is 16.2. The van der Waals surface area contributed by atoms with E-state index in [1.54, 1.807) is 0 Å². The van der Waals surface area contributed by atoms with Gasteiger partial charge in [-0.1, -0.05) is 18.2 Å². The van der Waals surface area contributed by atoms with E-state index in [0.29, 0.717) is 24.4 Å². The van der Waals surface area contributed by atoms with Crippen LogP contribution in [0.3, 0.4) is 0 Å². The van der Waals surface area contributed by atoms with Crippen molar-refractivity contribution in [1.82, 2.24) is 14.8 Å². The van der Waals surface area contributed by atoms with Gasteiger partial charge in [0.2, 0.25) is 5.91 Å². The summed E-state index contributed by atoms with van der Waals surface area (Å²) in [5.41, 5.74) is 4.05. The predicted octanol–water partition coefficient (Wildman–Crippen LogP) is 4.06. The molecule has 1 N–H and O–H groups in total. The van der Waals surface area contributed by atoms with Crippen LogP contribution in [-0.2, 0) is 4.79 Å². The van der Waals surface area contributed by atoms with Crippen LogP contribution in [0, 0.1) is 6.92 Å². The summed E-state index contributed by atoms with van der Waals surface area (Å²) in [6.07, 6.45) is 5.88. The average Bonchev–Trinajstić information content (AvgIpc) is 2.98. The summed E-state index contributed by atoms with van der Waals surface area (Å²) in [4.78, 5) is 20.7. The maximum absolute atomic E-state index is 12.7. The second-order valence-electron chi connectivity index (χ2n) is 8.19. The molecule has 4 rings (SSSR count). The summed E-state index contributed by atoms with van der Waals surface area (Å²) >= 11 is 0. The van der Waals surface area contributed by atoms with E-state index in [0.717, 1.165) is 45.3 Å². The number of aromatic amines is 1. The number of nitrogens with zero attached hydrogens (tertiary/aromatic N) is 2. The van der Waals surface area contributed by atoms with Crippen LogP contribution < -0.4 is 0 Å². The van der Waals surface area contributed by atoms with Crippen molar-refractivity contribution in [3.63, 3.8) is 0 Å². The fourth-order valence-corrected chi connectivity index (χ4v) is 4.95. The van der Waals surface area contributed by atoms with Crippen molar-refractivity contribution in [2.24, 2.45) is 0 Å². The molecule has 4 heteroatoms. The van der Waals surface area contributed by atoms with Crippen LogP contribution in [0.1, 0.15) is 56.2 Å². The SMILES string of the molecule is Cc1[nH]c2ccccc2c1C1CCN(CC(=O)N2CCCCC2C)CC1. The molecular formula is C22H31N3O. The minimum atomic E-state index is 0.332. The summed E-state index contributed by atoms with van der Waals surface area (Å²) in [6.45, 7) is 8.00. The second-order valence-corrected chi connectivity index (χ2v) is 8.19. The van der Waals surface area contributed by atoms with E-state index in [4.69, 9.17) is 0 Å². The van der Waals surface area contributed by atoms with Crippen LogP contribution in [0.15, 0.2) is 24.3 Å². The smallest absolute Gasteiger partial charge is 0.236 e. The minimum Gasteiger partial charge on any atom is -0.358 e. The van der Waals surface area contributed by atoms with Gasteiger partial charge in [-0.3, -0.25) is 9.69 Å². The quantitative estimate of drug-likeness (QED) is 0.904. The molecule has 3 heterocycles. The molecule has 2 fully saturated rings. The number of rotatable bonds is 3. The number of carbonyl (C=O) groups is 1. The Morgan fingerprint density at radius 2 is 1.88 bits per heavy atom. The molecule has 0 aliphatic carbocycles. The molecule has 0 spiro atoms. The van der Waals surface area contributed by atoms with Gasteiger partial charge < -0.3 is 9.88 Å². The zero-order valence-electron chi connectivity index (χ0n) is 16.1. The van der Waals surface area contributed by atoms with Gasteiger partial charge in [-0.05, 0) is 76.6 Å². The number of H-pyrrole nitrogens is 1. The second kappa shape index (κ2) is 7.43. The number of carbonyl (C=O) groups excluding carboxylic acids is 1. The number of aromatic nitrogens is 1. The lowest BCUT2D eigenvalue weighted by Crippen LogP contribution is -2.48. The van der Waals surface area contributed by atoms with Gasteiger partial charge in [0.05, 0.1) is 6.54 Å². The number of fused-ring (bicyclic) bond motifs is 1. The Morgan fingerprint density at radius 1 is 1.12 bits per heavy atom. The van der Waals surface area contributed by atoms with Crippen molar-refractivity contribution in [1.29, 1.82) is 0 Å². The number of amides is 1. The van der Waals surface area contributed by atoms with E-state index in [9.17, 15) is 4.79 Å². The normalized spacial score (nSPS) is 22.8. The molecule has 1 unspecified atom stereocenters. The monoisotopic (exact) mass is 353 g/mol. The van der Waals surface area contributed by atoms with Crippen LogP contribution in [0.25, 0.3) is 10.9 Å². The van der Waals surface area contributed by atoms with Crippen LogP contribution in [-0.4, -0.2) is 52.9 Å². The first-order valence-corrected chi connectivity index (χ1v) is 10.2. The van der Waals surface area contributed by atoms with Gasteiger partial charge in [-0.25, -0.2) is 0 Å². The molecule has 0 radical (unpaired) electrons. The lowest BCUT2D eigenvalue weighted by atomic mass is 9.87. The molecule has 140 valence electrons. The fourth-order valence-electron chi connectivity index (χ4n) is 4.95. The van der Waals surface area contributed by atoms with Crippen LogP contribution >= 0.6 is 0 Å². The standard InChI is InChI=1S/C22H31N3O/c1-16-7-5-6-12-25(16)21(26)15-24-13-10-18(11-14-24)22-17(2)23-20-9-4-3-8-19(20)22/h3-4,8-9,16,18,23H,5-7,10-15H2,1-2H3. The van der Waals surface area contributed by atoms with Crippen molar-refractivity contribution in [3.05, 3.63) is 35.5 Å². The van der Waals surface area contributed by atoms with E-state index in [1.165, 1.54) is 28.6 Å². The third kappa shape index (κ3) is 3.39. The molecule has 2 saturated heterocycles. The van der Waals surface area contributed by atoms with Crippen molar-refractivity contribution in [2.75, 3.05) is 26.2 Å². The Labute approximate surface area is 156 Å².